The van der Waals surface area contributed by atoms with Crippen molar-refractivity contribution in [2.24, 2.45) is 0 Å². The lowest BCUT2D eigenvalue weighted by Gasteiger charge is -2.43. The van der Waals surface area contributed by atoms with Crippen LogP contribution in [0.4, 0.5) is 4.39 Å². The van der Waals surface area contributed by atoms with Crippen molar-refractivity contribution in [2.45, 2.75) is 89.5 Å². The second-order valence-electron chi connectivity index (χ2n) is 11.1. The van der Waals surface area contributed by atoms with E-state index in [0.29, 0.717) is 30.7 Å². The van der Waals surface area contributed by atoms with Crippen molar-refractivity contribution in [2.75, 3.05) is 13.7 Å². The zero-order chi connectivity index (χ0) is 26.3. The van der Waals surface area contributed by atoms with E-state index in [1.165, 1.54) is 23.3 Å². The number of hydrogen-bond acceptors (Lipinski definition) is 4. The van der Waals surface area contributed by atoms with Crippen LogP contribution in [0.25, 0.3) is 0 Å². The summed E-state index contributed by atoms with van der Waals surface area (Å²) >= 11 is 0. The minimum Gasteiger partial charge on any atom is -0.491 e. The normalized spacial score (nSPS) is 26.4. The van der Waals surface area contributed by atoms with Gasteiger partial charge < -0.3 is 15.0 Å². The number of likely N-dealkylation sites (N-methyl/N-ethyl adjacent to an activating group) is 1. The third-order valence-corrected chi connectivity index (χ3v) is 8.95. The van der Waals surface area contributed by atoms with Crippen LogP contribution in [0.1, 0.15) is 78.5 Å². The highest BCUT2D eigenvalue weighted by atomic mass is 19.1. The van der Waals surface area contributed by atoms with Gasteiger partial charge in [-0.15, -0.1) is 0 Å². The Bertz CT molecular complexity index is 1170. The summed E-state index contributed by atoms with van der Waals surface area (Å²) in [5, 5.41) is 3.16. The standard InChI is InChI=1S/C30H38FN3O3/c1-18-19(2)28(37-17-26-10-13-29(35)33(26)4)12-11-27(18)20(3)34-24-8-9-25(34)16-23(15-24)32-30(36)21-6-5-7-22(31)14-21/h5-7,11-12,14,20,23-26H,8-10,13,15-17H2,1-4H3,(H,32,36)/t20?,23?,24?,25?,26-/m1/s1. The van der Waals surface area contributed by atoms with E-state index in [4.69, 9.17) is 4.74 Å². The number of carbonyl (C=O) groups excluding carboxylic acids is 2. The van der Waals surface area contributed by atoms with E-state index in [0.717, 1.165) is 43.4 Å². The lowest BCUT2D eigenvalue weighted by molar-refractivity contribution is -0.127. The lowest BCUT2D eigenvalue weighted by atomic mass is 9.91. The quantitative estimate of drug-likeness (QED) is 0.577. The molecule has 0 spiro atoms. The molecule has 198 valence electrons. The van der Waals surface area contributed by atoms with Gasteiger partial charge in [0.15, 0.2) is 0 Å². The number of ether oxygens (including phenoxy) is 1. The van der Waals surface area contributed by atoms with E-state index in [1.807, 2.05) is 7.05 Å². The predicted molar refractivity (Wildman–Crippen MR) is 141 cm³/mol. The van der Waals surface area contributed by atoms with Gasteiger partial charge in [0.1, 0.15) is 18.2 Å². The molecule has 0 aromatic heterocycles. The minimum atomic E-state index is -0.389. The second-order valence-corrected chi connectivity index (χ2v) is 11.1. The number of hydrogen-bond donors (Lipinski definition) is 1. The van der Waals surface area contributed by atoms with Crippen molar-refractivity contribution in [3.8, 4) is 5.75 Å². The van der Waals surface area contributed by atoms with Gasteiger partial charge in [-0.05, 0) is 93.8 Å². The molecule has 3 fully saturated rings. The smallest absolute Gasteiger partial charge is 0.251 e. The fraction of sp³-hybridized carbons (Fsp3) is 0.533. The summed E-state index contributed by atoms with van der Waals surface area (Å²) in [7, 11) is 1.86. The Morgan fingerprint density at radius 2 is 1.84 bits per heavy atom. The SMILES string of the molecule is Cc1c(OC[C@H]2CCC(=O)N2C)ccc(C(C)N2C3CCC2CC(NC(=O)c2cccc(F)c2)C3)c1C. The molecule has 6 nitrogen and oxygen atoms in total. The number of likely N-dealkylation sites (tertiary alicyclic amines) is 1. The van der Waals surface area contributed by atoms with Crippen molar-refractivity contribution in [3.63, 3.8) is 0 Å². The average Bonchev–Trinajstić information content (AvgIpc) is 3.34. The van der Waals surface area contributed by atoms with E-state index in [1.54, 1.807) is 17.0 Å². The van der Waals surface area contributed by atoms with Crippen LogP contribution in [0.5, 0.6) is 5.75 Å². The Balaban J connectivity index is 1.23. The minimum absolute atomic E-state index is 0.107. The fourth-order valence-electron chi connectivity index (χ4n) is 6.69. The number of carbonyl (C=O) groups is 2. The van der Waals surface area contributed by atoms with E-state index >= 15 is 0 Å². The molecule has 0 saturated carbocycles. The molecule has 2 amide bonds. The summed E-state index contributed by atoms with van der Waals surface area (Å²) in [6, 6.07) is 11.5. The summed E-state index contributed by atoms with van der Waals surface area (Å²) in [5.41, 5.74) is 4.10. The molecule has 3 unspecified atom stereocenters. The van der Waals surface area contributed by atoms with E-state index < -0.39 is 0 Å². The van der Waals surface area contributed by atoms with Gasteiger partial charge in [0, 0.05) is 43.2 Å². The highest BCUT2D eigenvalue weighted by Gasteiger charge is 2.43. The summed E-state index contributed by atoms with van der Waals surface area (Å²) < 4.78 is 19.7. The molecule has 3 heterocycles. The van der Waals surface area contributed by atoms with Gasteiger partial charge in [-0.25, -0.2) is 4.39 Å². The number of nitrogens with zero attached hydrogens (tertiary/aromatic N) is 2. The van der Waals surface area contributed by atoms with Crippen LogP contribution in [-0.2, 0) is 4.79 Å². The van der Waals surface area contributed by atoms with Crippen LogP contribution in [-0.4, -0.2) is 59.4 Å². The van der Waals surface area contributed by atoms with Gasteiger partial charge in [0.2, 0.25) is 5.91 Å². The maximum Gasteiger partial charge on any atom is 0.251 e. The molecule has 2 aromatic carbocycles. The molecule has 1 N–H and O–H groups in total. The van der Waals surface area contributed by atoms with E-state index in [9.17, 15) is 14.0 Å². The molecule has 4 atom stereocenters. The van der Waals surface area contributed by atoms with Gasteiger partial charge in [-0.1, -0.05) is 12.1 Å². The summed E-state index contributed by atoms with van der Waals surface area (Å²) in [6.07, 6.45) is 5.54. The molecule has 5 rings (SSSR count). The van der Waals surface area contributed by atoms with Gasteiger partial charge in [-0.3, -0.25) is 14.5 Å². The molecule has 37 heavy (non-hydrogen) atoms. The predicted octanol–water partition coefficient (Wildman–Crippen LogP) is 4.93. The number of amides is 2. The number of fused-ring (bicyclic) bond motifs is 2. The second kappa shape index (κ2) is 10.4. The molecule has 3 aliphatic heterocycles. The van der Waals surface area contributed by atoms with Crippen molar-refractivity contribution in [3.05, 3.63) is 64.5 Å². The highest BCUT2D eigenvalue weighted by Crippen LogP contribution is 2.43. The molecule has 0 radical (unpaired) electrons. The van der Waals surface area contributed by atoms with Gasteiger partial charge >= 0.3 is 0 Å². The number of halogens is 1. The number of nitrogens with one attached hydrogen (secondary N) is 1. The molecule has 3 saturated heterocycles. The monoisotopic (exact) mass is 507 g/mol. The topological polar surface area (TPSA) is 61.9 Å². The molecular weight excluding hydrogens is 469 g/mol. The summed E-state index contributed by atoms with van der Waals surface area (Å²) in [5.74, 6) is 0.501. The van der Waals surface area contributed by atoms with E-state index in [2.05, 4.69) is 43.1 Å². The van der Waals surface area contributed by atoms with Gasteiger partial charge in [0.25, 0.3) is 5.91 Å². The first-order valence-electron chi connectivity index (χ1n) is 13.5. The van der Waals surface area contributed by atoms with Crippen molar-refractivity contribution >= 4 is 11.8 Å². The summed E-state index contributed by atoms with van der Waals surface area (Å²) in [4.78, 5) is 29.0. The van der Waals surface area contributed by atoms with Crippen molar-refractivity contribution < 1.29 is 18.7 Å². The molecule has 3 aliphatic rings. The lowest BCUT2D eigenvalue weighted by Crippen LogP contribution is -2.51. The Kier molecular flexibility index (Phi) is 7.26. The first kappa shape index (κ1) is 25.7. The molecule has 0 aliphatic carbocycles. The highest BCUT2D eigenvalue weighted by molar-refractivity contribution is 5.94. The molecule has 7 heteroatoms. The first-order valence-corrected chi connectivity index (χ1v) is 13.5. The van der Waals surface area contributed by atoms with Crippen LogP contribution < -0.4 is 10.1 Å². The van der Waals surface area contributed by atoms with Crippen molar-refractivity contribution in [1.29, 1.82) is 0 Å². The third-order valence-electron chi connectivity index (χ3n) is 8.95. The Labute approximate surface area is 219 Å². The molecule has 2 bridgehead atoms. The largest absolute Gasteiger partial charge is 0.491 e. The van der Waals surface area contributed by atoms with Crippen molar-refractivity contribution in [1.82, 2.24) is 15.1 Å². The number of rotatable bonds is 7. The average molecular weight is 508 g/mol. The Morgan fingerprint density at radius 3 is 2.49 bits per heavy atom. The maximum atomic E-state index is 13.6. The van der Waals surface area contributed by atoms with Crippen LogP contribution in [0.2, 0.25) is 0 Å². The third kappa shape index (κ3) is 5.11. The zero-order valence-corrected chi connectivity index (χ0v) is 22.3. The van der Waals surface area contributed by atoms with Gasteiger partial charge in [-0.2, -0.15) is 0 Å². The van der Waals surface area contributed by atoms with Crippen LogP contribution in [0.15, 0.2) is 36.4 Å². The van der Waals surface area contributed by atoms with Crippen LogP contribution in [0.3, 0.4) is 0 Å². The Morgan fingerprint density at radius 1 is 1.11 bits per heavy atom. The zero-order valence-electron chi connectivity index (χ0n) is 22.3. The first-order chi connectivity index (χ1) is 17.7. The Hall–Kier alpha value is -2.93. The fourth-order valence-corrected chi connectivity index (χ4v) is 6.69. The van der Waals surface area contributed by atoms with Gasteiger partial charge in [0.05, 0.1) is 6.04 Å². The number of piperidine rings is 1. The molecular formula is C30H38FN3O3. The number of benzene rings is 2. The maximum absolute atomic E-state index is 13.6. The van der Waals surface area contributed by atoms with E-state index in [-0.39, 0.29) is 35.8 Å². The summed E-state index contributed by atoms with van der Waals surface area (Å²) in [6.45, 7) is 7.11. The van der Waals surface area contributed by atoms with Crippen LogP contribution >= 0.6 is 0 Å². The van der Waals surface area contributed by atoms with Crippen LogP contribution in [0, 0.1) is 19.7 Å². The molecule has 2 aromatic rings.